The lowest BCUT2D eigenvalue weighted by atomic mass is 9.99. The monoisotopic (exact) mass is 454 g/mol. The van der Waals surface area contributed by atoms with E-state index in [1.54, 1.807) is 23.0 Å². The van der Waals surface area contributed by atoms with Crippen LogP contribution in [0.3, 0.4) is 0 Å². The molecule has 0 aliphatic rings. The van der Waals surface area contributed by atoms with Gasteiger partial charge in [-0.25, -0.2) is 13.9 Å². The third-order valence-electron chi connectivity index (χ3n) is 5.54. The summed E-state index contributed by atoms with van der Waals surface area (Å²) in [5, 5.41) is 11.3. The quantitative estimate of drug-likeness (QED) is 0.374. The van der Waals surface area contributed by atoms with E-state index in [1.807, 2.05) is 48.7 Å². The molecule has 0 unspecified atom stereocenters. The Bertz CT molecular complexity index is 1420. The molecule has 2 N–H and O–H groups in total. The summed E-state index contributed by atoms with van der Waals surface area (Å²) in [6.45, 7) is 4.68. The van der Waals surface area contributed by atoms with Crippen molar-refractivity contribution in [3.05, 3.63) is 96.6 Å². The molecule has 0 aliphatic heterocycles. The molecule has 0 spiro atoms. The Morgan fingerprint density at radius 2 is 1.79 bits per heavy atom. The van der Waals surface area contributed by atoms with Crippen LogP contribution in [0.2, 0.25) is 0 Å². The van der Waals surface area contributed by atoms with Crippen LogP contribution in [0, 0.1) is 5.82 Å². The van der Waals surface area contributed by atoms with E-state index in [0.717, 1.165) is 23.0 Å². The van der Waals surface area contributed by atoms with Crippen LogP contribution >= 0.6 is 0 Å². The third kappa shape index (κ3) is 4.33. The van der Waals surface area contributed by atoms with Crippen molar-refractivity contribution < 1.29 is 4.39 Å². The number of hydrogen-bond donors (Lipinski definition) is 2. The number of fused-ring (bicyclic) bond motifs is 1. The first-order valence-electron chi connectivity index (χ1n) is 10.8. The van der Waals surface area contributed by atoms with Gasteiger partial charge in [0.05, 0.1) is 23.1 Å². The number of pyridine rings is 3. The zero-order valence-corrected chi connectivity index (χ0v) is 18.8. The normalized spacial score (nSPS) is 11.6. The highest BCUT2D eigenvalue weighted by molar-refractivity contribution is 5.78. The number of rotatable bonds is 7. The number of nitrogens with zero attached hydrogens (tertiary/aromatic N) is 6. The van der Waals surface area contributed by atoms with E-state index < -0.39 is 5.82 Å². The molecule has 34 heavy (non-hydrogen) atoms. The Hall–Kier alpha value is -4.24. The Morgan fingerprint density at radius 3 is 2.53 bits per heavy atom. The minimum atomic E-state index is -0.471. The van der Waals surface area contributed by atoms with Crippen LogP contribution in [0.4, 0.5) is 15.9 Å². The maximum Gasteiger partial charge on any atom is 0.200 e. The maximum absolute atomic E-state index is 14.4. The minimum Gasteiger partial charge on any atom is -0.336 e. The lowest BCUT2D eigenvalue weighted by Crippen LogP contribution is -2.36. The van der Waals surface area contributed by atoms with Gasteiger partial charge in [-0.05, 0) is 55.8 Å². The predicted octanol–water partition coefficient (Wildman–Crippen LogP) is 4.49. The summed E-state index contributed by atoms with van der Waals surface area (Å²) in [5.74, 6) is 0.424. The second-order valence-corrected chi connectivity index (χ2v) is 8.31. The number of aromatic nitrogens is 6. The highest BCUT2D eigenvalue weighted by Crippen LogP contribution is 2.28. The van der Waals surface area contributed by atoms with Crippen molar-refractivity contribution in [1.82, 2.24) is 34.9 Å². The Labute approximate surface area is 196 Å². The molecule has 170 valence electrons. The first kappa shape index (κ1) is 21.6. The van der Waals surface area contributed by atoms with Gasteiger partial charge in [0, 0.05) is 31.3 Å². The summed E-state index contributed by atoms with van der Waals surface area (Å²) in [4.78, 5) is 17.4. The van der Waals surface area contributed by atoms with E-state index in [4.69, 9.17) is 4.98 Å². The highest BCUT2D eigenvalue weighted by atomic mass is 19.1. The zero-order valence-electron chi connectivity index (χ0n) is 18.8. The van der Waals surface area contributed by atoms with Crippen LogP contribution < -0.4 is 10.6 Å². The van der Waals surface area contributed by atoms with Gasteiger partial charge in [-0.1, -0.05) is 12.1 Å². The maximum atomic E-state index is 14.4. The Morgan fingerprint density at radius 1 is 0.971 bits per heavy atom. The smallest absolute Gasteiger partial charge is 0.200 e. The SMILES string of the molecule is CC(C)(NCc1ccn2nc(-c3ccccn3)nc(Nc3ccncc3F)c12)c1ccccn1. The van der Waals surface area contributed by atoms with Gasteiger partial charge in [0.1, 0.15) is 11.2 Å². The molecule has 0 atom stereocenters. The van der Waals surface area contributed by atoms with E-state index in [2.05, 4.69) is 44.5 Å². The molecule has 0 amide bonds. The molecule has 8 nitrogen and oxygen atoms in total. The lowest BCUT2D eigenvalue weighted by molar-refractivity contribution is 0.391. The van der Waals surface area contributed by atoms with Crippen molar-refractivity contribution in [3.8, 4) is 11.5 Å². The molecule has 0 fully saturated rings. The molecule has 0 aromatic carbocycles. The van der Waals surface area contributed by atoms with Crippen molar-refractivity contribution in [2.75, 3.05) is 5.32 Å². The van der Waals surface area contributed by atoms with Crippen LogP contribution in [0.1, 0.15) is 25.1 Å². The number of anilines is 2. The van der Waals surface area contributed by atoms with E-state index in [-0.39, 0.29) is 11.2 Å². The van der Waals surface area contributed by atoms with Crippen molar-refractivity contribution >= 4 is 17.0 Å². The van der Waals surface area contributed by atoms with Crippen molar-refractivity contribution in [2.24, 2.45) is 0 Å². The average molecular weight is 455 g/mol. The second kappa shape index (κ2) is 8.95. The summed E-state index contributed by atoms with van der Waals surface area (Å²) in [6.07, 6.45) is 8.02. The summed E-state index contributed by atoms with van der Waals surface area (Å²) >= 11 is 0. The fraction of sp³-hybridized carbons (Fsp3) is 0.160. The summed E-state index contributed by atoms with van der Waals surface area (Å²) in [7, 11) is 0. The van der Waals surface area contributed by atoms with Crippen LogP contribution in [-0.2, 0) is 12.1 Å². The molecule has 5 heterocycles. The van der Waals surface area contributed by atoms with Crippen LogP contribution in [0.5, 0.6) is 0 Å². The van der Waals surface area contributed by atoms with E-state index in [9.17, 15) is 4.39 Å². The van der Waals surface area contributed by atoms with E-state index in [0.29, 0.717) is 23.9 Å². The molecule has 0 radical (unpaired) electrons. The highest BCUT2D eigenvalue weighted by Gasteiger charge is 2.22. The molecular weight excluding hydrogens is 431 g/mol. The van der Waals surface area contributed by atoms with Gasteiger partial charge in [0.15, 0.2) is 11.6 Å². The standard InChI is InChI=1S/C25H23FN8/c1-25(2,21-8-4-6-12-29-21)30-15-17-10-14-34-22(17)24(31-19-9-13-27-16-18(19)26)32-23(33-34)20-7-3-5-11-28-20/h3-14,16,30H,15H2,1-2H3,(H,27,31,32,33). The molecule has 0 saturated carbocycles. The van der Waals surface area contributed by atoms with Crippen molar-refractivity contribution in [1.29, 1.82) is 0 Å². The molecule has 5 aromatic heterocycles. The van der Waals surface area contributed by atoms with Gasteiger partial charge in [-0.2, -0.15) is 0 Å². The average Bonchev–Trinajstić information content (AvgIpc) is 3.29. The molecule has 0 bridgehead atoms. The van der Waals surface area contributed by atoms with Gasteiger partial charge in [-0.15, -0.1) is 5.10 Å². The number of halogens is 1. The number of hydrogen-bond acceptors (Lipinski definition) is 7. The summed E-state index contributed by atoms with van der Waals surface area (Å²) < 4.78 is 16.1. The fourth-order valence-electron chi connectivity index (χ4n) is 3.67. The summed E-state index contributed by atoms with van der Waals surface area (Å²) in [5.41, 5.74) is 3.15. The molecule has 9 heteroatoms. The van der Waals surface area contributed by atoms with Gasteiger partial charge in [-0.3, -0.25) is 15.0 Å². The summed E-state index contributed by atoms with van der Waals surface area (Å²) in [6, 6.07) is 14.9. The first-order valence-corrected chi connectivity index (χ1v) is 10.8. The van der Waals surface area contributed by atoms with E-state index >= 15 is 0 Å². The zero-order chi connectivity index (χ0) is 23.5. The first-order chi connectivity index (χ1) is 16.5. The van der Waals surface area contributed by atoms with Crippen molar-refractivity contribution in [2.45, 2.75) is 25.9 Å². The van der Waals surface area contributed by atoms with Gasteiger partial charge >= 0.3 is 0 Å². The van der Waals surface area contributed by atoms with Crippen LogP contribution in [0.15, 0.2) is 79.5 Å². The van der Waals surface area contributed by atoms with Crippen molar-refractivity contribution in [3.63, 3.8) is 0 Å². The molecule has 5 aromatic rings. The Kier molecular flexibility index (Phi) is 5.69. The van der Waals surface area contributed by atoms with Crippen LogP contribution in [-0.4, -0.2) is 29.5 Å². The second-order valence-electron chi connectivity index (χ2n) is 8.31. The number of nitrogens with one attached hydrogen (secondary N) is 2. The lowest BCUT2D eigenvalue weighted by Gasteiger charge is -2.25. The minimum absolute atomic E-state index is 0.275. The molecule has 0 saturated heterocycles. The predicted molar refractivity (Wildman–Crippen MR) is 128 cm³/mol. The Balaban J connectivity index is 1.55. The molecular formula is C25H23FN8. The topological polar surface area (TPSA) is 92.9 Å². The van der Waals surface area contributed by atoms with Gasteiger partial charge < -0.3 is 10.6 Å². The third-order valence-corrected chi connectivity index (χ3v) is 5.54. The largest absolute Gasteiger partial charge is 0.336 e. The van der Waals surface area contributed by atoms with E-state index in [1.165, 1.54) is 6.20 Å². The molecule has 5 rings (SSSR count). The van der Waals surface area contributed by atoms with Crippen LogP contribution in [0.25, 0.3) is 17.0 Å². The van der Waals surface area contributed by atoms with Gasteiger partial charge in [0.25, 0.3) is 0 Å². The fourth-order valence-corrected chi connectivity index (χ4v) is 3.67. The van der Waals surface area contributed by atoms with Gasteiger partial charge in [0.2, 0.25) is 5.82 Å². The molecule has 0 aliphatic carbocycles.